The number of rotatable bonds is 8. The van der Waals surface area contributed by atoms with Crippen LogP contribution in [0, 0.1) is 11.3 Å². The van der Waals surface area contributed by atoms with E-state index < -0.39 is 10.0 Å². The molecule has 6 nitrogen and oxygen atoms in total. The number of carbonyl (C=O) groups is 1. The summed E-state index contributed by atoms with van der Waals surface area (Å²) >= 11 is 5.59. The summed E-state index contributed by atoms with van der Waals surface area (Å²) in [5, 5.41) is 8.88. The number of anilines is 2. The van der Waals surface area contributed by atoms with Crippen LogP contribution in [0.15, 0.2) is 42.5 Å². The third-order valence-electron chi connectivity index (χ3n) is 5.03. The second kappa shape index (κ2) is 9.96. The van der Waals surface area contributed by atoms with E-state index >= 15 is 0 Å². The largest absolute Gasteiger partial charge is 0.312 e. The Balaban J connectivity index is 1.67. The molecule has 0 unspecified atom stereocenters. The topological polar surface area (TPSA) is 90.3 Å². The number of amides is 1. The van der Waals surface area contributed by atoms with Crippen LogP contribution in [0.25, 0.3) is 0 Å². The summed E-state index contributed by atoms with van der Waals surface area (Å²) in [5.41, 5.74) is 3.93. The van der Waals surface area contributed by atoms with E-state index in [-0.39, 0.29) is 11.7 Å². The molecule has 0 fully saturated rings. The molecule has 0 saturated carbocycles. The number of nitriles is 1. The van der Waals surface area contributed by atoms with Crippen LogP contribution in [0.5, 0.6) is 0 Å². The number of alkyl halides is 1. The van der Waals surface area contributed by atoms with Gasteiger partial charge in [0.05, 0.1) is 17.4 Å². The maximum absolute atomic E-state index is 12.8. The van der Waals surface area contributed by atoms with Crippen molar-refractivity contribution < 1.29 is 13.2 Å². The summed E-state index contributed by atoms with van der Waals surface area (Å²) in [5.74, 6) is 0.314. The highest BCUT2D eigenvalue weighted by Gasteiger charge is 2.23. The van der Waals surface area contributed by atoms with E-state index in [2.05, 4.69) is 10.8 Å². The van der Waals surface area contributed by atoms with E-state index in [1.54, 1.807) is 23.1 Å². The minimum Gasteiger partial charge on any atom is -0.312 e. The van der Waals surface area contributed by atoms with Crippen molar-refractivity contribution in [1.29, 1.82) is 5.26 Å². The van der Waals surface area contributed by atoms with Crippen LogP contribution in [0.3, 0.4) is 0 Å². The minimum atomic E-state index is -3.43. The first-order valence-corrected chi connectivity index (χ1v) is 12.1. The molecule has 0 atom stereocenters. The van der Waals surface area contributed by atoms with Crippen molar-refractivity contribution >= 4 is 38.9 Å². The molecule has 2 aromatic rings. The number of benzene rings is 2. The monoisotopic (exact) mass is 445 g/mol. The Labute approximate surface area is 182 Å². The Bertz CT molecular complexity index is 1050. The molecule has 0 aliphatic carbocycles. The van der Waals surface area contributed by atoms with Gasteiger partial charge in [-0.25, -0.2) is 8.42 Å². The van der Waals surface area contributed by atoms with E-state index in [1.807, 2.05) is 24.3 Å². The van der Waals surface area contributed by atoms with Crippen molar-refractivity contribution in [2.75, 3.05) is 27.8 Å². The van der Waals surface area contributed by atoms with Crippen LogP contribution in [-0.4, -0.2) is 32.5 Å². The molecule has 1 aliphatic rings. The Morgan fingerprint density at radius 3 is 2.67 bits per heavy atom. The zero-order chi connectivity index (χ0) is 21.6. The lowest BCUT2D eigenvalue weighted by molar-refractivity contribution is -0.118. The molecule has 0 radical (unpaired) electrons. The fourth-order valence-corrected chi connectivity index (χ4v) is 4.93. The molecule has 0 spiro atoms. The zero-order valence-electron chi connectivity index (χ0n) is 16.6. The number of nitrogens with one attached hydrogen (secondary N) is 1. The standard InChI is InChI=1S/C22H24ClN3O3S/c23-12-2-14-30(28,29)25-20-9-10-21-19(15-20)3-1-13-26(21)22(27)11-8-17-4-6-18(16-24)7-5-17/h4-7,9-10,15,25H,1-3,8,11-14H2. The lowest BCUT2D eigenvalue weighted by Gasteiger charge is -2.30. The molecule has 1 N–H and O–H groups in total. The molecule has 1 amide bonds. The number of sulfonamides is 1. The first-order valence-electron chi connectivity index (χ1n) is 9.90. The van der Waals surface area contributed by atoms with Crippen molar-refractivity contribution in [3.8, 4) is 6.07 Å². The van der Waals surface area contributed by atoms with Gasteiger partial charge < -0.3 is 4.90 Å². The first kappa shape index (κ1) is 22.1. The molecule has 8 heteroatoms. The van der Waals surface area contributed by atoms with E-state index in [0.717, 1.165) is 29.7 Å². The van der Waals surface area contributed by atoms with Crippen LogP contribution >= 0.6 is 11.6 Å². The smallest absolute Gasteiger partial charge is 0.232 e. The lowest BCUT2D eigenvalue weighted by atomic mass is 10.00. The molecule has 2 aromatic carbocycles. The third-order valence-corrected chi connectivity index (χ3v) is 6.67. The minimum absolute atomic E-state index is 0.0203. The van der Waals surface area contributed by atoms with Gasteiger partial charge in [-0.3, -0.25) is 9.52 Å². The first-order chi connectivity index (χ1) is 14.4. The number of aryl methyl sites for hydroxylation is 2. The van der Waals surface area contributed by atoms with Crippen molar-refractivity contribution in [2.45, 2.75) is 32.1 Å². The Kier molecular flexibility index (Phi) is 7.35. The Morgan fingerprint density at radius 2 is 1.97 bits per heavy atom. The summed E-state index contributed by atoms with van der Waals surface area (Å²) in [7, 11) is -3.43. The van der Waals surface area contributed by atoms with Crippen LogP contribution in [0.1, 0.15) is 36.0 Å². The van der Waals surface area contributed by atoms with Gasteiger partial charge in [-0.05, 0) is 67.1 Å². The van der Waals surface area contributed by atoms with E-state index in [1.165, 1.54) is 0 Å². The van der Waals surface area contributed by atoms with E-state index in [9.17, 15) is 13.2 Å². The molecule has 0 saturated heterocycles. The Morgan fingerprint density at radius 1 is 1.20 bits per heavy atom. The van der Waals surface area contributed by atoms with Crippen molar-refractivity contribution in [3.05, 3.63) is 59.2 Å². The number of nitrogens with zero attached hydrogens (tertiary/aromatic N) is 2. The number of hydrogen-bond acceptors (Lipinski definition) is 4. The van der Waals surface area contributed by atoms with Crippen molar-refractivity contribution in [3.63, 3.8) is 0 Å². The average molecular weight is 446 g/mol. The maximum atomic E-state index is 12.8. The quantitative estimate of drug-likeness (QED) is 0.625. The normalized spacial score (nSPS) is 13.4. The molecule has 158 valence electrons. The molecule has 1 aliphatic heterocycles. The van der Waals surface area contributed by atoms with Crippen molar-refractivity contribution in [2.24, 2.45) is 0 Å². The predicted molar refractivity (Wildman–Crippen MR) is 119 cm³/mol. The molecular formula is C22H24ClN3O3S. The molecular weight excluding hydrogens is 422 g/mol. The Hall–Kier alpha value is -2.56. The van der Waals surface area contributed by atoms with Crippen LogP contribution in [-0.2, 0) is 27.7 Å². The summed E-state index contributed by atoms with van der Waals surface area (Å²) in [6.45, 7) is 0.653. The van der Waals surface area contributed by atoms with Crippen LogP contribution in [0.2, 0.25) is 0 Å². The summed E-state index contributed by atoms with van der Waals surface area (Å²) in [6, 6.07) is 14.7. The zero-order valence-corrected chi connectivity index (χ0v) is 18.2. The second-order valence-corrected chi connectivity index (χ2v) is 9.48. The van der Waals surface area contributed by atoms with E-state index in [0.29, 0.717) is 42.9 Å². The summed E-state index contributed by atoms with van der Waals surface area (Å²) in [6.07, 6.45) is 3.00. The maximum Gasteiger partial charge on any atom is 0.232 e. The average Bonchev–Trinajstić information content (AvgIpc) is 2.75. The highest BCUT2D eigenvalue weighted by Crippen LogP contribution is 2.30. The highest BCUT2D eigenvalue weighted by molar-refractivity contribution is 7.92. The summed E-state index contributed by atoms with van der Waals surface area (Å²) < 4.78 is 26.8. The van der Waals surface area contributed by atoms with Gasteiger partial charge in [0.25, 0.3) is 0 Å². The van der Waals surface area contributed by atoms with Gasteiger partial charge in [0.15, 0.2) is 0 Å². The molecule has 0 aromatic heterocycles. The molecule has 1 heterocycles. The SMILES string of the molecule is N#Cc1ccc(CCC(=O)N2CCCc3cc(NS(=O)(=O)CCCCl)ccc32)cc1. The third kappa shape index (κ3) is 5.74. The van der Waals surface area contributed by atoms with Gasteiger partial charge in [0.2, 0.25) is 15.9 Å². The van der Waals surface area contributed by atoms with E-state index in [4.69, 9.17) is 16.9 Å². The fourth-order valence-electron chi connectivity index (χ4n) is 3.53. The van der Waals surface area contributed by atoms with Gasteiger partial charge in [0, 0.05) is 30.2 Å². The number of carbonyl (C=O) groups excluding carboxylic acids is 1. The summed E-state index contributed by atoms with van der Waals surface area (Å²) in [4.78, 5) is 14.6. The lowest BCUT2D eigenvalue weighted by Crippen LogP contribution is -2.35. The fraction of sp³-hybridized carbons (Fsp3) is 0.364. The predicted octanol–water partition coefficient (Wildman–Crippen LogP) is 3.84. The molecule has 30 heavy (non-hydrogen) atoms. The molecule has 0 bridgehead atoms. The highest BCUT2D eigenvalue weighted by atomic mass is 35.5. The van der Waals surface area contributed by atoms with Crippen LogP contribution in [0.4, 0.5) is 11.4 Å². The van der Waals surface area contributed by atoms with Gasteiger partial charge in [-0.2, -0.15) is 5.26 Å². The van der Waals surface area contributed by atoms with Gasteiger partial charge in [0.1, 0.15) is 0 Å². The number of halogens is 1. The molecule has 3 rings (SSSR count). The number of fused-ring (bicyclic) bond motifs is 1. The van der Waals surface area contributed by atoms with Crippen molar-refractivity contribution in [1.82, 2.24) is 0 Å². The van der Waals surface area contributed by atoms with Gasteiger partial charge >= 0.3 is 0 Å². The second-order valence-electron chi connectivity index (χ2n) is 7.26. The van der Waals surface area contributed by atoms with Gasteiger partial charge in [-0.1, -0.05) is 12.1 Å². The van der Waals surface area contributed by atoms with Gasteiger partial charge in [-0.15, -0.1) is 11.6 Å². The van der Waals surface area contributed by atoms with Crippen LogP contribution < -0.4 is 9.62 Å². The number of hydrogen-bond donors (Lipinski definition) is 1.